The molecule has 1 aliphatic rings. The van der Waals surface area contributed by atoms with E-state index in [-0.39, 0.29) is 30.0 Å². The normalized spacial score (nSPS) is 15.6. The number of benzene rings is 4. The Kier molecular flexibility index (Phi) is 8.45. The Balaban J connectivity index is 1.54. The van der Waals surface area contributed by atoms with E-state index in [2.05, 4.69) is 34.9 Å². The summed E-state index contributed by atoms with van der Waals surface area (Å²) in [6, 6.07) is 26.5. The van der Waals surface area contributed by atoms with Crippen LogP contribution in [-0.4, -0.2) is 55.7 Å². The van der Waals surface area contributed by atoms with Crippen molar-refractivity contribution in [2.45, 2.75) is 32.4 Å². The maximum absolute atomic E-state index is 14.2. The topological polar surface area (TPSA) is 98.8 Å². The quantitative estimate of drug-likeness (QED) is 0.311. The first-order valence-corrected chi connectivity index (χ1v) is 14.1. The largest absolute Gasteiger partial charge is 0.341 e. The number of carbonyl (C=O) groups is 4. The van der Waals surface area contributed by atoms with E-state index >= 15 is 0 Å². The number of amides is 3. The Morgan fingerprint density at radius 2 is 1.50 bits per heavy atom. The van der Waals surface area contributed by atoms with Crippen LogP contribution in [0.2, 0.25) is 0 Å². The zero-order valence-corrected chi connectivity index (χ0v) is 24.0. The molecule has 5 rings (SSSR count). The molecule has 0 fully saturated rings. The predicted octanol–water partition coefficient (Wildman–Crippen LogP) is 4.37. The van der Waals surface area contributed by atoms with Crippen molar-refractivity contribution in [2.75, 3.05) is 29.9 Å². The van der Waals surface area contributed by atoms with E-state index in [9.17, 15) is 19.2 Å². The van der Waals surface area contributed by atoms with Crippen molar-refractivity contribution in [3.63, 3.8) is 0 Å². The van der Waals surface area contributed by atoms with Crippen LogP contribution in [0.25, 0.3) is 10.8 Å². The number of rotatable bonds is 8. The second kappa shape index (κ2) is 12.4. The molecule has 4 aromatic rings. The van der Waals surface area contributed by atoms with Gasteiger partial charge in [-0.25, -0.2) is 0 Å². The summed E-state index contributed by atoms with van der Waals surface area (Å²) in [5.41, 5.74) is 3.15. The highest BCUT2D eigenvalue weighted by Crippen LogP contribution is 2.34. The van der Waals surface area contributed by atoms with Crippen molar-refractivity contribution in [1.82, 2.24) is 10.6 Å². The summed E-state index contributed by atoms with van der Waals surface area (Å²) in [5.74, 6) is -1.05. The number of anilines is 2. The second-order valence-corrected chi connectivity index (χ2v) is 10.5. The summed E-state index contributed by atoms with van der Waals surface area (Å²) in [6.45, 7) is 3.49. The molecule has 1 unspecified atom stereocenters. The minimum Gasteiger partial charge on any atom is -0.341 e. The number of hydrogen-bond acceptors (Lipinski definition) is 5. The van der Waals surface area contributed by atoms with E-state index in [0.717, 1.165) is 16.3 Å². The van der Waals surface area contributed by atoms with Gasteiger partial charge in [0, 0.05) is 17.7 Å². The molecule has 2 atom stereocenters. The highest BCUT2D eigenvalue weighted by Gasteiger charge is 2.37. The van der Waals surface area contributed by atoms with Gasteiger partial charge >= 0.3 is 0 Å². The van der Waals surface area contributed by atoms with Gasteiger partial charge in [-0.2, -0.15) is 0 Å². The molecule has 0 aromatic heterocycles. The first-order valence-electron chi connectivity index (χ1n) is 14.1. The average molecular weight is 563 g/mol. The molecule has 214 valence electrons. The van der Waals surface area contributed by atoms with E-state index in [0.29, 0.717) is 35.5 Å². The lowest BCUT2D eigenvalue weighted by Crippen LogP contribution is -2.56. The lowest BCUT2D eigenvalue weighted by Gasteiger charge is -2.26. The molecule has 8 heteroatoms. The van der Waals surface area contributed by atoms with Crippen LogP contribution in [0, 0.1) is 0 Å². The van der Waals surface area contributed by atoms with Gasteiger partial charge in [0.05, 0.1) is 24.0 Å². The van der Waals surface area contributed by atoms with Gasteiger partial charge in [-0.05, 0) is 67.9 Å². The van der Waals surface area contributed by atoms with Crippen LogP contribution in [0.15, 0.2) is 91.0 Å². The number of likely N-dealkylation sites (N-methyl/N-ethyl adjacent to an activating group) is 1. The van der Waals surface area contributed by atoms with E-state index in [1.54, 1.807) is 48.0 Å². The van der Waals surface area contributed by atoms with Gasteiger partial charge in [-0.3, -0.25) is 19.2 Å². The first-order chi connectivity index (χ1) is 20.3. The zero-order valence-electron chi connectivity index (χ0n) is 24.0. The molecule has 1 heterocycles. The third-order valence-corrected chi connectivity index (χ3v) is 7.80. The molecule has 0 saturated heterocycles. The first kappa shape index (κ1) is 28.7. The SMILES string of the molecule is CNC(C)C(=O)N[C@H]1CN(C(=O)c2ccc(C(C)=O)cc2)c2ccccc2N(CCc2cccc3ccccc23)C1=O. The fourth-order valence-electron chi connectivity index (χ4n) is 5.29. The number of ketones is 1. The fraction of sp³-hybridized carbons (Fsp3) is 0.235. The van der Waals surface area contributed by atoms with Gasteiger partial charge in [0.25, 0.3) is 11.8 Å². The number of para-hydroxylation sites is 2. The lowest BCUT2D eigenvalue weighted by atomic mass is 10.0. The molecule has 2 N–H and O–H groups in total. The predicted molar refractivity (Wildman–Crippen MR) is 165 cm³/mol. The Morgan fingerprint density at radius 3 is 2.21 bits per heavy atom. The summed E-state index contributed by atoms with van der Waals surface area (Å²) in [7, 11) is 1.67. The van der Waals surface area contributed by atoms with Crippen LogP contribution in [0.5, 0.6) is 0 Å². The maximum Gasteiger partial charge on any atom is 0.258 e. The summed E-state index contributed by atoms with van der Waals surface area (Å²) in [6.07, 6.45) is 0.579. The van der Waals surface area contributed by atoms with Crippen molar-refractivity contribution in [3.05, 3.63) is 108 Å². The molecule has 3 amide bonds. The third-order valence-electron chi connectivity index (χ3n) is 7.80. The van der Waals surface area contributed by atoms with E-state index in [4.69, 9.17) is 0 Å². The summed E-state index contributed by atoms with van der Waals surface area (Å²) >= 11 is 0. The average Bonchev–Trinajstić information content (AvgIpc) is 3.13. The third kappa shape index (κ3) is 5.80. The smallest absolute Gasteiger partial charge is 0.258 e. The van der Waals surface area contributed by atoms with Crippen molar-refractivity contribution in [3.8, 4) is 0 Å². The molecule has 0 spiro atoms. The van der Waals surface area contributed by atoms with Gasteiger partial charge in [0.2, 0.25) is 5.91 Å². The van der Waals surface area contributed by atoms with Crippen molar-refractivity contribution < 1.29 is 19.2 Å². The van der Waals surface area contributed by atoms with Crippen molar-refractivity contribution in [2.24, 2.45) is 0 Å². The van der Waals surface area contributed by atoms with Crippen LogP contribution in [0.4, 0.5) is 11.4 Å². The van der Waals surface area contributed by atoms with E-state index in [1.807, 2.05) is 42.5 Å². The molecular weight excluding hydrogens is 528 g/mol. The van der Waals surface area contributed by atoms with Gasteiger partial charge in [-0.15, -0.1) is 0 Å². The van der Waals surface area contributed by atoms with Crippen molar-refractivity contribution in [1.29, 1.82) is 0 Å². The Hall–Kier alpha value is -4.82. The molecule has 0 aliphatic carbocycles. The molecule has 0 bridgehead atoms. The Labute approximate surface area is 245 Å². The van der Waals surface area contributed by atoms with Gasteiger partial charge in [-0.1, -0.05) is 66.7 Å². The molecular formula is C34H34N4O4. The van der Waals surface area contributed by atoms with E-state index < -0.39 is 12.1 Å². The summed E-state index contributed by atoms with van der Waals surface area (Å²) in [5, 5.41) is 8.03. The second-order valence-electron chi connectivity index (χ2n) is 10.5. The van der Waals surface area contributed by atoms with Crippen LogP contribution in [0.3, 0.4) is 0 Å². The lowest BCUT2D eigenvalue weighted by molar-refractivity contribution is -0.128. The summed E-state index contributed by atoms with van der Waals surface area (Å²) in [4.78, 5) is 56.1. The Morgan fingerprint density at radius 1 is 0.857 bits per heavy atom. The highest BCUT2D eigenvalue weighted by molar-refractivity contribution is 6.13. The molecule has 4 aromatic carbocycles. The van der Waals surface area contributed by atoms with Crippen molar-refractivity contribution >= 4 is 45.7 Å². The Bertz CT molecular complexity index is 1640. The van der Waals surface area contributed by atoms with Gasteiger partial charge in [0.15, 0.2) is 5.78 Å². The minimum atomic E-state index is -0.978. The minimum absolute atomic E-state index is 0.0456. The maximum atomic E-state index is 14.2. The van der Waals surface area contributed by atoms with Gasteiger partial charge in [0.1, 0.15) is 6.04 Å². The molecule has 42 heavy (non-hydrogen) atoms. The van der Waals surface area contributed by atoms with Crippen LogP contribution >= 0.6 is 0 Å². The number of nitrogens with one attached hydrogen (secondary N) is 2. The highest BCUT2D eigenvalue weighted by atomic mass is 16.2. The number of hydrogen-bond donors (Lipinski definition) is 2. The number of Topliss-reactive ketones (excluding diaryl/α,β-unsaturated/α-hetero) is 1. The van der Waals surface area contributed by atoms with Crippen LogP contribution in [0.1, 0.15) is 40.1 Å². The summed E-state index contributed by atoms with van der Waals surface area (Å²) < 4.78 is 0. The fourth-order valence-corrected chi connectivity index (χ4v) is 5.29. The standard InChI is InChI=1S/C34H34N4O4/c1-22(35-3)32(40)36-29-21-38(33(41)27-17-15-24(16-18-27)23(2)39)31-14-7-6-13-30(31)37(34(29)42)20-19-26-11-8-10-25-9-4-5-12-28(25)26/h4-18,22,29,35H,19-21H2,1-3H3,(H,36,40)/t22?,29-/m0/s1. The number of nitrogens with zero attached hydrogens (tertiary/aromatic N) is 2. The molecule has 1 aliphatic heterocycles. The number of carbonyl (C=O) groups excluding carboxylic acids is 4. The molecule has 8 nitrogen and oxygen atoms in total. The van der Waals surface area contributed by atoms with E-state index in [1.165, 1.54) is 6.92 Å². The monoisotopic (exact) mass is 562 g/mol. The van der Waals surface area contributed by atoms with Gasteiger partial charge < -0.3 is 20.4 Å². The van der Waals surface area contributed by atoms with Crippen LogP contribution < -0.4 is 20.4 Å². The van der Waals surface area contributed by atoms with Crippen LogP contribution in [-0.2, 0) is 16.0 Å². The molecule has 0 radical (unpaired) electrons. The number of fused-ring (bicyclic) bond motifs is 2. The molecule has 0 saturated carbocycles. The zero-order chi connectivity index (χ0) is 29.8.